The Balaban J connectivity index is 1.91. The molecule has 7 heteroatoms. The van der Waals surface area contributed by atoms with Gasteiger partial charge < -0.3 is 4.42 Å². The van der Waals surface area contributed by atoms with E-state index in [0.29, 0.717) is 22.9 Å². The summed E-state index contributed by atoms with van der Waals surface area (Å²) in [6.45, 7) is 0. The summed E-state index contributed by atoms with van der Waals surface area (Å²) in [5.74, 6) is 1.00. The van der Waals surface area contributed by atoms with E-state index in [1.54, 1.807) is 35.2 Å². The number of hydrogen-bond acceptors (Lipinski definition) is 4. The van der Waals surface area contributed by atoms with Crippen LogP contribution in [0.2, 0.25) is 5.02 Å². The second kappa shape index (κ2) is 4.92. The van der Waals surface area contributed by atoms with Gasteiger partial charge >= 0.3 is 0 Å². The van der Waals surface area contributed by atoms with Crippen molar-refractivity contribution in [1.82, 2.24) is 19.6 Å². The van der Waals surface area contributed by atoms with E-state index in [2.05, 4.69) is 15.1 Å². The molecule has 0 atom stereocenters. The molecular formula is C15H8ClFN4O. The standard InChI is InChI=1S/C15H8ClFN4O/c16-10-8-9(3-4-11(10)17)14-19-15-18-6-5-12(21(15)20-14)13-2-1-7-22-13/h1-8H. The highest BCUT2D eigenvalue weighted by atomic mass is 35.5. The predicted octanol–water partition coefficient (Wildman–Crippen LogP) is 3.84. The number of benzene rings is 1. The Bertz CT molecular complexity index is 965. The Kier molecular flexibility index (Phi) is 2.90. The van der Waals surface area contributed by atoms with E-state index in [-0.39, 0.29) is 5.02 Å². The molecule has 0 aliphatic carbocycles. The van der Waals surface area contributed by atoms with Crippen LogP contribution in [-0.4, -0.2) is 19.6 Å². The molecule has 22 heavy (non-hydrogen) atoms. The van der Waals surface area contributed by atoms with Crippen LogP contribution in [-0.2, 0) is 0 Å². The molecule has 3 aromatic heterocycles. The SMILES string of the molecule is Fc1ccc(-c2nc3nccc(-c4ccco4)n3n2)cc1Cl. The van der Waals surface area contributed by atoms with E-state index in [0.717, 1.165) is 5.69 Å². The van der Waals surface area contributed by atoms with Crippen molar-refractivity contribution >= 4 is 17.4 Å². The number of hydrogen-bond donors (Lipinski definition) is 0. The van der Waals surface area contributed by atoms with Crippen molar-refractivity contribution in [1.29, 1.82) is 0 Å². The maximum absolute atomic E-state index is 13.3. The average molecular weight is 315 g/mol. The zero-order valence-electron chi connectivity index (χ0n) is 11.1. The lowest BCUT2D eigenvalue weighted by molar-refractivity contribution is 0.577. The van der Waals surface area contributed by atoms with E-state index in [4.69, 9.17) is 16.0 Å². The first-order chi connectivity index (χ1) is 10.7. The van der Waals surface area contributed by atoms with Crippen molar-refractivity contribution in [3.05, 3.63) is 59.7 Å². The fourth-order valence-corrected chi connectivity index (χ4v) is 2.34. The maximum Gasteiger partial charge on any atom is 0.253 e. The van der Waals surface area contributed by atoms with E-state index in [9.17, 15) is 4.39 Å². The number of fused-ring (bicyclic) bond motifs is 1. The van der Waals surface area contributed by atoms with Gasteiger partial charge in [-0.15, -0.1) is 5.10 Å². The third-order valence-electron chi connectivity index (χ3n) is 3.19. The van der Waals surface area contributed by atoms with E-state index in [1.165, 1.54) is 12.1 Å². The normalized spacial score (nSPS) is 11.2. The molecular weight excluding hydrogens is 307 g/mol. The maximum atomic E-state index is 13.3. The van der Waals surface area contributed by atoms with Crippen LogP contribution in [0.25, 0.3) is 28.6 Å². The zero-order chi connectivity index (χ0) is 15.1. The average Bonchev–Trinajstić information content (AvgIpc) is 3.18. The van der Waals surface area contributed by atoms with Crippen LogP contribution >= 0.6 is 11.6 Å². The minimum Gasteiger partial charge on any atom is -0.463 e. The molecule has 0 N–H and O–H groups in total. The summed E-state index contributed by atoms with van der Waals surface area (Å²) in [5, 5.41) is 4.44. The van der Waals surface area contributed by atoms with E-state index >= 15 is 0 Å². The lowest BCUT2D eigenvalue weighted by Crippen LogP contribution is -1.94. The zero-order valence-corrected chi connectivity index (χ0v) is 11.8. The highest BCUT2D eigenvalue weighted by molar-refractivity contribution is 6.31. The van der Waals surface area contributed by atoms with Gasteiger partial charge in [0.1, 0.15) is 11.5 Å². The molecule has 1 aromatic carbocycles. The van der Waals surface area contributed by atoms with Crippen molar-refractivity contribution in [3.63, 3.8) is 0 Å². The minimum absolute atomic E-state index is 0.0237. The third-order valence-corrected chi connectivity index (χ3v) is 3.48. The van der Waals surface area contributed by atoms with Crippen LogP contribution in [0.1, 0.15) is 0 Å². The highest BCUT2D eigenvalue weighted by Gasteiger charge is 2.13. The summed E-state index contributed by atoms with van der Waals surface area (Å²) < 4.78 is 20.2. The Hall–Kier alpha value is -2.73. The summed E-state index contributed by atoms with van der Waals surface area (Å²) in [6.07, 6.45) is 3.21. The molecule has 0 unspecified atom stereocenters. The molecule has 3 heterocycles. The molecule has 0 amide bonds. The van der Waals surface area contributed by atoms with Crippen molar-refractivity contribution in [2.24, 2.45) is 0 Å². The number of aromatic nitrogens is 4. The summed E-state index contributed by atoms with van der Waals surface area (Å²) in [7, 11) is 0. The molecule has 0 bridgehead atoms. The second-order valence-corrected chi connectivity index (χ2v) is 4.99. The van der Waals surface area contributed by atoms with Crippen LogP contribution in [0.3, 0.4) is 0 Å². The molecule has 4 aromatic rings. The van der Waals surface area contributed by atoms with Crippen LogP contribution in [0.15, 0.2) is 53.3 Å². The Morgan fingerprint density at radius 3 is 2.86 bits per heavy atom. The van der Waals surface area contributed by atoms with E-state index < -0.39 is 5.82 Å². The first-order valence-electron chi connectivity index (χ1n) is 6.43. The van der Waals surface area contributed by atoms with Crippen molar-refractivity contribution < 1.29 is 8.81 Å². The summed E-state index contributed by atoms with van der Waals surface area (Å²) in [6, 6.07) is 9.73. The van der Waals surface area contributed by atoms with Gasteiger partial charge in [0, 0.05) is 11.8 Å². The minimum atomic E-state index is -0.483. The fourth-order valence-electron chi connectivity index (χ4n) is 2.16. The van der Waals surface area contributed by atoms with E-state index in [1.807, 2.05) is 6.07 Å². The fraction of sp³-hybridized carbons (Fsp3) is 0. The van der Waals surface area contributed by atoms with Gasteiger partial charge in [0.2, 0.25) is 0 Å². The molecule has 0 radical (unpaired) electrons. The molecule has 0 spiro atoms. The Morgan fingerprint density at radius 2 is 2.09 bits per heavy atom. The van der Waals surface area contributed by atoms with Gasteiger partial charge in [-0.25, -0.2) is 9.37 Å². The first-order valence-corrected chi connectivity index (χ1v) is 6.81. The molecule has 4 rings (SSSR count). The molecule has 0 aliphatic heterocycles. The van der Waals surface area contributed by atoms with Crippen molar-refractivity contribution in [3.8, 4) is 22.8 Å². The molecule has 5 nitrogen and oxygen atoms in total. The van der Waals surface area contributed by atoms with Crippen LogP contribution in [0.4, 0.5) is 4.39 Å². The number of furan rings is 1. The predicted molar refractivity (Wildman–Crippen MR) is 78.9 cm³/mol. The number of rotatable bonds is 2. The van der Waals surface area contributed by atoms with Gasteiger partial charge in [-0.1, -0.05) is 11.6 Å². The lowest BCUT2D eigenvalue weighted by atomic mass is 10.2. The van der Waals surface area contributed by atoms with Gasteiger partial charge in [-0.2, -0.15) is 9.50 Å². The number of halogens is 2. The van der Waals surface area contributed by atoms with Gasteiger partial charge in [-0.3, -0.25) is 0 Å². The Labute approximate surface area is 129 Å². The molecule has 0 saturated carbocycles. The quantitative estimate of drug-likeness (QED) is 0.564. The first kappa shape index (κ1) is 13.0. The smallest absolute Gasteiger partial charge is 0.253 e. The van der Waals surface area contributed by atoms with Gasteiger partial charge in [0.15, 0.2) is 11.6 Å². The van der Waals surface area contributed by atoms with Gasteiger partial charge in [0.25, 0.3) is 5.78 Å². The topological polar surface area (TPSA) is 56.2 Å². The van der Waals surface area contributed by atoms with Crippen LogP contribution in [0.5, 0.6) is 0 Å². The van der Waals surface area contributed by atoms with Crippen molar-refractivity contribution in [2.75, 3.05) is 0 Å². The third kappa shape index (κ3) is 2.05. The Morgan fingerprint density at radius 1 is 1.18 bits per heavy atom. The van der Waals surface area contributed by atoms with Crippen molar-refractivity contribution in [2.45, 2.75) is 0 Å². The lowest BCUT2D eigenvalue weighted by Gasteiger charge is -1.99. The number of nitrogens with zero attached hydrogens (tertiary/aromatic N) is 4. The van der Waals surface area contributed by atoms with Gasteiger partial charge in [-0.05, 0) is 36.4 Å². The monoisotopic (exact) mass is 314 g/mol. The van der Waals surface area contributed by atoms with Crippen LogP contribution < -0.4 is 0 Å². The largest absolute Gasteiger partial charge is 0.463 e. The molecule has 0 fully saturated rings. The molecule has 108 valence electrons. The summed E-state index contributed by atoms with van der Waals surface area (Å²) in [4.78, 5) is 8.52. The highest BCUT2D eigenvalue weighted by Crippen LogP contribution is 2.25. The summed E-state index contributed by atoms with van der Waals surface area (Å²) >= 11 is 5.81. The molecule has 0 saturated heterocycles. The molecule has 0 aliphatic rings. The van der Waals surface area contributed by atoms with Gasteiger partial charge in [0.05, 0.1) is 11.3 Å². The van der Waals surface area contributed by atoms with Crippen LogP contribution in [0, 0.1) is 5.82 Å². The second-order valence-electron chi connectivity index (χ2n) is 4.58. The summed E-state index contributed by atoms with van der Waals surface area (Å²) in [5.41, 5.74) is 1.34.